The molecule has 0 N–H and O–H groups in total. The lowest BCUT2D eigenvalue weighted by Crippen LogP contribution is -2.31. The minimum atomic E-state index is -0.236. The lowest BCUT2D eigenvalue weighted by molar-refractivity contribution is 0.0985. The third-order valence-corrected chi connectivity index (χ3v) is 7.16. The number of thiazole rings is 1. The number of fused-ring (bicyclic) bond motifs is 1. The summed E-state index contributed by atoms with van der Waals surface area (Å²) in [6, 6.07) is 16.4. The summed E-state index contributed by atoms with van der Waals surface area (Å²) in [6.07, 6.45) is 3.61. The van der Waals surface area contributed by atoms with Gasteiger partial charge in [0.1, 0.15) is 23.1 Å². The van der Waals surface area contributed by atoms with Gasteiger partial charge in [0.2, 0.25) is 0 Å². The van der Waals surface area contributed by atoms with Crippen LogP contribution in [0.5, 0.6) is 11.5 Å². The first-order valence-electron chi connectivity index (χ1n) is 11.5. The number of carbonyl (C=O) groups excluding carboxylic acids is 1. The first-order chi connectivity index (χ1) is 16.2. The van der Waals surface area contributed by atoms with Crippen molar-refractivity contribution in [2.24, 2.45) is 11.8 Å². The highest BCUT2D eigenvalue weighted by Gasteiger charge is 2.43. The lowest BCUT2D eigenvalue weighted by Gasteiger charge is -2.20. The first-order valence-corrected chi connectivity index (χ1v) is 12.4. The van der Waals surface area contributed by atoms with Gasteiger partial charge in [0.15, 0.2) is 0 Å². The van der Waals surface area contributed by atoms with E-state index in [1.54, 1.807) is 6.20 Å². The molecule has 0 spiro atoms. The van der Waals surface area contributed by atoms with Gasteiger partial charge in [-0.05, 0) is 67.0 Å². The van der Waals surface area contributed by atoms with Gasteiger partial charge < -0.3 is 19.1 Å². The topological polar surface area (TPSA) is 60.9 Å². The molecule has 0 unspecified atom stereocenters. The molecule has 3 atom stereocenters. The van der Waals surface area contributed by atoms with Crippen molar-refractivity contribution in [3.05, 3.63) is 65.1 Å². The Balaban J connectivity index is 1.14. The van der Waals surface area contributed by atoms with Crippen molar-refractivity contribution in [1.29, 1.82) is 0 Å². The average molecular weight is 465 g/mol. The fourth-order valence-electron chi connectivity index (χ4n) is 4.88. The number of nitrogens with zero attached hydrogens (tertiary/aromatic N) is 2. The summed E-state index contributed by atoms with van der Waals surface area (Å²) < 4.78 is 17.3. The molecule has 2 aliphatic rings. The lowest BCUT2D eigenvalue weighted by atomic mass is 10.0. The molecule has 2 aromatic carbocycles. The van der Waals surface area contributed by atoms with Gasteiger partial charge >= 0.3 is 6.09 Å². The van der Waals surface area contributed by atoms with E-state index in [2.05, 4.69) is 29.2 Å². The summed E-state index contributed by atoms with van der Waals surface area (Å²) in [5.74, 6) is 2.71. The monoisotopic (exact) mass is 464 g/mol. The molecule has 0 radical (unpaired) electrons. The van der Waals surface area contributed by atoms with Gasteiger partial charge in [-0.3, -0.25) is 0 Å². The molecule has 0 bridgehead atoms. The standard InChI is InChI=1S/C26H28N2O4S/c1-2-30-22-8-6-18(7-9-22)19-4-3-5-23(12-19)32-24-13-20-15-28(16-21(20)14-24)26(29)31-17-25-27-10-11-33-25/h3-12,20-21,24H,2,13-17H2,1H3/t20-,21+,24-. The zero-order valence-corrected chi connectivity index (χ0v) is 19.5. The smallest absolute Gasteiger partial charge is 0.410 e. The van der Waals surface area contributed by atoms with Gasteiger partial charge in [-0.2, -0.15) is 0 Å². The molecule has 1 saturated carbocycles. The second-order valence-corrected chi connectivity index (χ2v) is 9.58. The maximum absolute atomic E-state index is 12.4. The molecular weight excluding hydrogens is 436 g/mol. The number of ether oxygens (including phenoxy) is 3. The number of benzene rings is 2. The van der Waals surface area contributed by atoms with Crippen LogP contribution in [0.15, 0.2) is 60.1 Å². The third kappa shape index (κ3) is 5.14. The number of amides is 1. The molecule has 3 aromatic rings. The zero-order valence-electron chi connectivity index (χ0n) is 18.7. The summed E-state index contributed by atoms with van der Waals surface area (Å²) >= 11 is 1.50. The number of carbonyl (C=O) groups is 1. The normalized spacial score (nSPS) is 21.6. The summed E-state index contributed by atoms with van der Waals surface area (Å²) in [4.78, 5) is 18.4. The molecule has 1 aromatic heterocycles. The summed E-state index contributed by atoms with van der Waals surface area (Å²) in [5.41, 5.74) is 2.27. The summed E-state index contributed by atoms with van der Waals surface area (Å²) in [6.45, 7) is 4.39. The van der Waals surface area contributed by atoms with Crippen molar-refractivity contribution < 1.29 is 19.0 Å². The van der Waals surface area contributed by atoms with Crippen molar-refractivity contribution in [3.63, 3.8) is 0 Å². The summed E-state index contributed by atoms with van der Waals surface area (Å²) in [5, 5.41) is 2.71. The van der Waals surface area contributed by atoms with Crippen LogP contribution in [0.4, 0.5) is 4.79 Å². The van der Waals surface area contributed by atoms with E-state index in [0.717, 1.165) is 53.6 Å². The maximum Gasteiger partial charge on any atom is 0.410 e. The highest BCUT2D eigenvalue weighted by Crippen LogP contribution is 2.40. The van der Waals surface area contributed by atoms with Gasteiger partial charge in [-0.1, -0.05) is 24.3 Å². The first kappa shape index (κ1) is 21.8. The fraction of sp³-hybridized carbons (Fsp3) is 0.385. The molecule has 1 amide bonds. The predicted molar refractivity (Wildman–Crippen MR) is 128 cm³/mol. The Hall–Kier alpha value is -3.06. The van der Waals surface area contributed by atoms with Crippen LogP contribution in [-0.2, 0) is 11.3 Å². The Morgan fingerprint density at radius 3 is 2.55 bits per heavy atom. The molecule has 1 aliphatic carbocycles. The minimum absolute atomic E-state index is 0.184. The van der Waals surface area contributed by atoms with Crippen LogP contribution in [0, 0.1) is 11.8 Å². The molecular formula is C26H28N2O4S. The Bertz CT molecular complexity index is 1060. The van der Waals surface area contributed by atoms with Crippen molar-refractivity contribution in [2.75, 3.05) is 19.7 Å². The predicted octanol–water partition coefficient (Wildman–Crippen LogP) is 5.63. The van der Waals surface area contributed by atoms with E-state index in [0.29, 0.717) is 18.4 Å². The molecule has 33 heavy (non-hydrogen) atoms. The quantitative estimate of drug-likeness (QED) is 0.453. The maximum atomic E-state index is 12.4. The number of hydrogen-bond donors (Lipinski definition) is 0. The number of hydrogen-bond acceptors (Lipinski definition) is 6. The molecule has 5 rings (SSSR count). The Labute approximate surface area is 198 Å². The number of aromatic nitrogens is 1. The number of rotatable bonds is 7. The van der Waals surface area contributed by atoms with E-state index in [-0.39, 0.29) is 18.8 Å². The second-order valence-electron chi connectivity index (χ2n) is 8.60. The van der Waals surface area contributed by atoms with Crippen molar-refractivity contribution >= 4 is 17.4 Å². The molecule has 172 valence electrons. The highest BCUT2D eigenvalue weighted by atomic mass is 32.1. The third-order valence-electron chi connectivity index (χ3n) is 6.40. The molecule has 7 heteroatoms. The van der Waals surface area contributed by atoms with Crippen LogP contribution in [0.3, 0.4) is 0 Å². The van der Waals surface area contributed by atoms with Gasteiger partial charge in [-0.25, -0.2) is 9.78 Å². The average Bonchev–Trinajstić information content (AvgIpc) is 3.55. The molecule has 1 aliphatic heterocycles. The van der Waals surface area contributed by atoms with Crippen LogP contribution < -0.4 is 9.47 Å². The van der Waals surface area contributed by atoms with Crippen LogP contribution >= 0.6 is 11.3 Å². The Morgan fingerprint density at radius 2 is 1.85 bits per heavy atom. The van der Waals surface area contributed by atoms with E-state index in [9.17, 15) is 4.79 Å². The van der Waals surface area contributed by atoms with E-state index in [1.165, 1.54) is 11.3 Å². The van der Waals surface area contributed by atoms with Gasteiger partial charge in [-0.15, -0.1) is 11.3 Å². The zero-order chi connectivity index (χ0) is 22.6. The van der Waals surface area contributed by atoms with E-state index in [4.69, 9.17) is 14.2 Å². The SMILES string of the molecule is CCOc1ccc(-c2cccc(O[C@@H]3C[C@@H]4CN(C(=O)OCc5nccs5)C[C@@H]4C3)c2)cc1. The van der Waals surface area contributed by atoms with E-state index >= 15 is 0 Å². The largest absolute Gasteiger partial charge is 0.494 e. The van der Waals surface area contributed by atoms with Crippen molar-refractivity contribution in [1.82, 2.24) is 9.88 Å². The van der Waals surface area contributed by atoms with Crippen LogP contribution in [-0.4, -0.2) is 41.8 Å². The van der Waals surface area contributed by atoms with E-state index in [1.807, 2.05) is 41.5 Å². The van der Waals surface area contributed by atoms with Gasteiger partial charge in [0, 0.05) is 24.7 Å². The molecule has 1 saturated heterocycles. The van der Waals surface area contributed by atoms with Crippen LogP contribution in [0.25, 0.3) is 11.1 Å². The van der Waals surface area contributed by atoms with Gasteiger partial charge in [0.05, 0.1) is 12.7 Å². The van der Waals surface area contributed by atoms with Crippen LogP contribution in [0.1, 0.15) is 24.8 Å². The van der Waals surface area contributed by atoms with E-state index < -0.39 is 0 Å². The molecule has 2 heterocycles. The van der Waals surface area contributed by atoms with Crippen molar-refractivity contribution in [2.45, 2.75) is 32.5 Å². The van der Waals surface area contributed by atoms with Crippen molar-refractivity contribution in [3.8, 4) is 22.6 Å². The van der Waals surface area contributed by atoms with Gasteiger partial charge in [0.25, 0.3) is 0 Å². The molecule has 2 fully saturated rings. The Morgan fingerprint density at radius 1 is 1.06 bits per heavy atom. The number of likely N-dealkylation sites (tertiary alicyclic amines) is 1. The second kappa shape index (κ2) is 9.83. The minimum Gasteiger partial charge on any atom is -0.494 e. The van der Waals surface area contributed by atoms with Crippen LogP contribution in [0.2, 0.25) is 0 Å². The Kier molecular flexibility index (Phi) is 6.48. The summed E-state index contributed by atoms with van der Waals surface area (Å²) in [7, 11) is 0. The molecule has 6 nitrogen and oxygen atoms in total. The fourth-order valence-corrected chi connectivity index (χ4v) is 5.41. The highest BCUT2D eigenvalue weighted by molar-refractivity contribution is 7.09.